The molecule has 2 aliphatic heterocycles. The predicted molar refractivity (Wildman–Crippen MR) is 313 cm³/mol. The number of phosphoric acid groups is 1. The van der Waals surface area contributed by atoms with E-state index in [1.165, 1.54) is 17.7 Å². The van der Waals surface area contributed by atoms with Gasteiger partial charge in [0.25, 0.3) is 11.5 Å². The average Bonchev–Trinajstić information content (AvgIpc) is 2.56. The van der Waals surface area contributed by atoms with Crippen LogP contribution in [0.3, 0.4) is 0 Å². The Morgan fingerprint density at radius 3 is 1.99 bits per heavy atom. The number of rotatable bonds is 25. The number of benzene rings is 4. The van der Waals surface area contributed by atoms with E-state index >= 15 is 4.57 Å². The van der Waals surface area contributed by atoms with Crippen molar-refractivity contribution < 1.29 is 60.7 Å². The fourth-order valence-electron chi connectivity index (χ4n) is 9.52. The molecule has 26 heteroatoms. The second-order valence-electron chi connectivity index (χ2n) is 22.1. The number of anilines is 2. The standard InChI is InChI=1S/C58H72N7O17PSi/c1-35(2)37-17-23-43(24-18-37)76-34-48(66)59-55-61-52(51(65(70)71)54(68)62-55)60-49-29-45(82-84(10,11)57(4,5)6)47(79-49)33-78-83(72,75-9)81-44-30-50(64-31-36(3)53(67)63-56(64)69)80-46(44)32-77-58(38-15-13-12-14-16-38,39-19-25-41(73-7)26-20-39)40-21-27-42(74-8)28-22-40/h12-28,31,35,44-47,49-50H,29-30,32-34H2,1-11H3,(H,63,67,69)(H3,59,60,61,62,66,68)/t44-,45-,46+,47+,49-,50+,83?/m0/s1. The average molecular weight is 1200 g/mol. The highest BCUT2D eigenvalue weighted by molar-refractivity contribution is 7.48. The molecule has 2 saturated heterocycles. The molecule has 0 bridgehead atoms. The first-order chi connectivity index (χ1) is 39.8. The monoisotopic (exact) mass is 1200 g/mol. The van der Waals surface area contributed by atoms with Crippen LogP contribution < -0.4 is 41.7 Å². The third-order valence-corrected chi connectivity index (χ3v) is 21.1. The Bertz CT molecular complexity index is 3440. The van der Waals surface area contributed by atoms with Crippen molar-refractivity contribution in [1.82, 2.24) is 19.5 Å². The summed E-state index contributed by atoms with van der Waals surface area (Å²) in [7, 11) is -3.05. The van der Waals surface area contributed by atoms with Crippen molar-refractivity contribution in [1.29, 1.82) is 0 Å². The van der Waals surface area contributed by atoms with Crippen LogP contribution in [0.4, 0.5) is 17.5 Å². The van der Waals surface area contributed by atoms with E-state index in [9.17, 15) is 29.3 Å². The Kier molecular flexibility index (Phi) is 19.6. The van der Waals surface area contributed by atoms with Crippen LogP contribution in [0.1, 0.15) is 87.4 Å². The number of carbonyl (C=O) groups is 1. The molecule has 2 aromatic heterocycles. The van der Waals surface area contributed by atoms with Crippen molar-refractivity contribution in [2.45, 2.75) is 121 Å². The lowest BCUT2D eigenvalue weighted by molar-refractivity contribution is -0.385. The predicted octanol–water partition coefficient (Wildman–Crippen LogP) is 9.06. The van der Waals surface area contributed by atoms with Gasteiger partial charge in [-0.1, -0.05) is 101 Å². The van der Waals surface area contributed by atoms with Crippen molar-refractivity contribution in [3.63, 3.8) is 0 Å². The van der Waals surface area contributed by atoms with E-state index in [0.717, 1.165) is 18.2 Å². The molecule has 0 saturated carbocycles. The second-order valence-corrected chi connectivity index (χ2v) is 28.6. The zero-order valence-electron chi connectivity index (χ0n) is 48.7. The number of phosphoric ester groups is 1. The van der Waals surface area contributed by atoms with Crippen LogP contribution >= 0.6 is 7.82 Å². The molecule has 2 fully saturated rings. The summed E-state index contributed by atoms with van der Waals surface area (Å²) in [5.74, 6) is 0.269. The number of methoxy groups -OCH3 is 2. The topological polar surface area (TPSA) is 294 Å². The molecule has 24 nitrogen and oxygen atoms in total. The quantitative estimate of drug-likeness (QED) is 0.0137. The molecule has 0 spiro atoms. The van der Waals surface area contributed by atoms with Crippen LogP contribution in [-0.2, 0) is 47.2 Å². The van der Waals surface area contributed by atoms with Crippen LogP contribution in [-0.4, -0.2) is 110 Å². The van der Waals surface area contributed by atoms with Gasteiger partial charge in [0.15, 0.2) is 14.9 Å². The highest BCUT2D eigenvalue weighted by Crippen LogP contribution is 2.54. The summed E-state index contributed by atoms with van der Waals surface area (Å²) in [6.07, 6.45) is -5.10. The summed E-state index contributed by atoms with van der Waals surface area (Å²) in [4.78, 5) is 72.6. The summed E-state index contributed by atoms with van der Waals surface area (Å²) in [6, 6.07) is 31.5. The highest BCUT2D eigenvalue weighted by atomic mass is 31.2. The molecule has 7 atom stereocenters. The van der Waals surface area contributed by atoms with Gasteiger partial charge in [0.1, 0.15) is 53.6 Å². The summed E-state index contributed by atoms with van der Waals surface area (Å²) in [6.45, 7) is 14.5. The zero-order valence-corrected chi connectivity index (χ0v) is 50.6. The van der Waals surface area contributed by atoms with Gasteiger partial charge in [-0.2, -0.15) is 4.98 Å². The number of aromatic nitrogens is 4. The van der Waals surface area contributed by atoms with Gasteiger partial charge in [-0.05, 0) is 89.6 Å². The summed E-state index contributed by atoms with van der Waals surface area (Å²) < 4.78 is 78.2. The minimum absolute atomic E-state index is 0.0197. The Morgan fingerprint density at radius 2 is 1.42 bits per heavy atom. The number of hydrogen-bond acceptors (Lipinski definition) is 19. The van der Waals surface area contributed by atoms with Gasteiger partial charge in [-0.3, -0.25) is 57.9 Å². The van der Waals surface area contributed by atoms with Crippen molar-refractivity contribution in [3.8, 4) is 17.2 Å². The van der Waals surface area contributed by atoms with Crippen LogP contribution in [0, 0.1) is 17.0 Å². The van der Waals surface area contributed by atoms with Crippen molar-refractivity contribution in [2.75, 3.05) is 51.8 Å². The fourth-order valence-corrected chi connectivity index (χ4v) is 12.0. The zero-order chi connectivity index (χ0) is 60.7. The van der Waals surface area contributed by atoms with Gasteiger partial charge in [0, 0.05) is 31.7 Å². The normalized spacial score (nSPS) is 19.9. The van der Waals surface area contributed by atoms with Crippen LogP contribution in [0.2, 0.25) is 18.1 Å². The van der Waals surface area contributed by atoms with Gasteiger partial charge in [0.2, 0.25) is 11.8 Å². The number of hydrogen-bond donors (Lipinski definition) is 4. The molecular weight excluding hydrogens is 1130 g/mol. The van der Waals surface area contributed by atoms with Crippen LogP contribution in [0.5, 0.6) is 17.2 Å². The van der Waals surface area contributed by atoms with Crippen LogP contribution in [0.25, 0.3) is 0 Å². The third-order valence-electron chi connectivity index (χ3n) is 15.2. The summed E-state index contributed by atoms with van der Waals surface area (Å²) >= 11 is 0. The maximum atomic E-state index is 15.0. The Labute approximate surface area is 486 Å². The second kappa shape index (κ2) is 26.3. The maximum Gasteiger partial charge on any atom is 0.474 e. The molecule has 4 N–H and O–H groups in total. The molecule has 84 heavy (non-hydrogen) atoms. The smallest absolute Gasteiger partial charge is 0.474 e. The lowest BCUT2D eigenvalue weighted by atomic mass is 9.80. The van der Waals surface area contributed by atoms with Gasteiger partial charge in [-0.15, -0.1) is 0 Å². The molecule has 8 rings (SSSR count). The van der Waals surface area contributed by atoms with E-state index in [2.05, 4.69) is 25.6 Å². The number of aryl methyl sites for hydroxylation is 1. The maximum absolute atomic E-state index is 15.0. The lowest BCUT2D eigenvalue weighted by Gasteiger charge is -2.39. The molecule has 1 unspecified atom stereocenters. The highest BCUT2D eigenvalue weighted by Gasteiger charge is 2.49. The molecule has 0 aliphatic carbocycles. The van der Waals surface area contributed by atoms with Gasteiger partial charge >= 0.3 is 24.8 Å². The van der Waals surface area contributed by atoms with E-state index in [1.807, 2.05) is 139 Å². The van der Waals surface area contributed by atoms with E-state index < -0.39 is 117 Å². The van der Waals surface area contributed by atoms with E-state index in [-0.39, 0.29) is 36.0 Å². The number of aromatic amines is 2. The summed E-state index contributed by atoms with van der Waals surface area (Å²) in [5.41, 5.74) is -1.40. The number of nitrogens with one attached hydrogen (secondary N) is 4. The van der Waals surface area contributed by atoms with Crippen molar-refractivity contribution >= 4 is 39.5 Å². The van der Waals surface area contributed by atoms with Gasteiger partial charge in [-0.25, -0.2) is 9.36 Å². The molecule has 4 aromatic carbocycles. The molecule has 6 aromatic rings. The Balaban J connectivity index is 1.07. The summed E-state index contributed by atoms with van der Waals surface area (Å²) in [5, 5.41) is 17.4. The molecule has 450 valence electrons. The van der Waals surface area contributed by atoms with Gasteiger partial charge in [0.05, 0.1) is 38.5 Å². The lowest BCUT2D eigenvalue weighted by Crippen LogP contribution is -2.46. The third kappa shape index (κ3) is 14.4. The number of H-pyrrole nitrogens is 2. The number of carbonyl (C=O) groups excluding carboxylic acids is 1. The van der Waals surface area contributed by atoms with E-state index in [1.54, 1.807) is 26.4 Å². The SMILES string of the molecule is COc1ccc(C(OC[C@H]2O[C@@H](n3cc(C)c(=O)[nH]c3=O)C[C@@H]2OP(=O)(OC)OC[C@H]2O[C@H](Nc3nc(NC(=O)COc4ccc(C(C)C)cc4)[nH]c(=O)c3[N+](=O)[O-])C[C@@H]2O[Si](C)(C)C(C)(C)C)(c2ccccc2)c2ccc(OC)cc2)cc1. The Hall–Kier alpha value is -7.32. The minimum Gasteiger partial charge on any atom is -0.497 e. The molecule has 0 radical (unpaired) electrons. The minimum atomic E-state index is -4.67. The molecule has 1 amide bonds. The Morgan fingerprint density at radius 1 is 0.821 bits per heavy atom. The number of ether oxygens (including phenoxy) is 6. The first-order valence-electron chi connectivity index (χ1n) is 27.2. The number of nitrogens with zero attached hydrogens (tertiary/aromatic N) is 3. The first kappa shape index (κ1) is 62.7. The number of amides is 1. The number of nitro groups is 1. The van der Waals surface area contributed by atoms with Crippen LogP contribution in [0.15, 0.2) is 124 Å². The molecule has 2 aliphatic rings. The first-order valence-corrected chi connectivity index (χ1v) is 31.6. The van der Waals surface area contributed by atoms with Crippen molar-refractivity contribution in [2.24, 2.45) is 0 Å². The van der Waals surface area contributed by atoms with E-state index in [0.29, 0.717) is 28.4 Å². The van der Waals surface area contributed by atoms with Crippen molar-refractivity contribution in [3.05, 3.63) is 178 Å². The van der Waals surface area contributed by atoms with E-state index in [4.69, 9.17) is 46.4 Å². The molecule has 4 heterocycles. The van der Waals surface area contributed by atoms with Gasteiger partial charge < -0.3 is 38.2 Å². The fraction of sp³-hybridized carbons (Fsp3) is 0.431. The molecular formula is C58H72N7O17PSi. The largest absolute Gasteiger partial charge is 0.497 e.